The molecule has 1 atom stereocenters. The summed E-state index contributed by atoms with van der Waals surface area (Å²) < 4.78 is 31.7. The van der Waals surface area contributed by atoms with Crippen LogP contribution < -0.4 is 11.1 Å². The van der Waals surface area contributed by atoms with Gasteiger partial charge in [0.25, 0.3) is 0 Å². The predicted molar refractivity (Wildman–Crippen MR) is 73.1 cm³/mol. The van der Waals surface area contributed by atoms with Crippen LogP contribution >= 0.6 is 0 Å². The lowest BCUT2D eigenvalue weighted by Gasteiger charge is -2.31. The first kappa shape index (κ1) is 14.1. The molecule has 106 valence electrons. The van der Waals surface area contributed by atoms with Gasteiger partial charge in [0.15, 0.2) is 0 Å². The zero-order chi connectivity index (χ0) is 14.8. The van der Waals surface area contributed by atoms with E-state index >= 15 is 0 Å². The van der Waals surface area contributed by atoms with Gasteiger partial charge in [-0.2, -0.15) is 8.42 Å². The largest absolute Gasteiger partial charge is 0.385 e. The maximum Gasteiger partial charge on any atom is 0.306 e. The number of nitrogens with one attached hydrogen (secondary N) is 1. The Kier molecular flexibility index (Phi) is 3.77. The van der Waals surface area contributed by atoms with E-state index in [1.807, 2.05) is 18.2 Å². The van der Waals surface area contributed by atoms with Gasteiger partial charge in [0.1, 0.15) is 5.82 Å². The Bertz CT molecular complexity index is 667. The second-order valence-corrected chi connectivity index (χ2v) is 5.56. The molecule has 8 heteroatoms. The quantitative estimate of drug-likeness (QED) is 0.680. The molecule has 0 fully saturated rings. The summed E-state index contributed by atoms with van der Waals surface area (Å²) in [5.74, 6) is -0.766. The number of benzene rings is 1. The molecule has 1 aliphatic heterocycles. The van der Waals surface area contributed by atoms with E-state index in [2.05, 4.69) is 5.32 Å². The summed E-state index contributed by atoms with van der Waals surface area (Å²) in [6.45, 7) is 0. The normalized spacial score (nSPS) is 19.9. The lowest BCUT2D eigenvalue weighted by molar-refractivity contribution is -0.118. The fourth-order valence-electron chi connectivity index (χ4n) is 1.69. The molecule has 1 heterocycles. The fraction of sp³-hybridized carbons (Fsp3) is 0.0833. The van der Waals surface area contributed by atoms with Gasteiger partial charge in [0, 0.05) is 12.3 Å². The molecule has 0 saturated carbocycles. The van der Waals surface area contributed by atoms with Crippen LogP contribution in [0, 0.1) is 0 Å². The molecular weight excluding hydrogens is 282 g/mol. The van der Waals surface area contributed by atoms with Crippen molar-refractivity contribution >= 4 is 22.1 Å². The van der Waals surface area contributed by atoms with Crippen LogP contribution in [-0.4, -0.2) is 29.3 Å². The van der Waals surface area contributed by atoms with E-state index in [0.717, 1.165) is 16.5 Å². The van der Waals surface area contributed by atoms with Crippen molar-refractivity contribution in [3.8, 4) is 0 Å². The summed E-state index contributed by atoms with van der Waals surface area (Å²) >= 11 is 0. The predicted octanol–water partition coefficient (Wildman–Crippen LogP) is 0.0606. The Morgan fingerprint density at radius 1 is 1.30 bits per heavy atom. The van der Waals surface area contributed by atoms with Gasteiger partial charge in [-0.3, -0.25) is 14.2 Å². The average Bonchev–Trinajstić information content (AvgIpc) is 2.37. The van der Waals surface area contributed by atoms with Crippen LogP contribution in [0.25, 0.3) is 6.08 Å². The van der Waals surface area contributed by atoms with Crippen molar-refractivity contribution in [2.45, 2.75) is 5.50 Å². The fourth-order valence-corrected chi connectivity index (χ4v) is 2.43. The third kappa shape index (κ3) is 3.16. The van der Waals surface area contributed by atoms with Crippen LogP contribution in [0.5, 0.6) is 0 Å². The average molecular weight is 295 g/mol. The summed E-state index contributed by atoms with van der Waals surface area (Å²) in [7, 11) is -4.52. The van der Waals surface area contributed by atoms with Crippen molar-refractivity contribution < 1.29 is 17.8 Å². The SMILES string of the molecule is NC1=CC(=O)NC(S(=O)(=O)O)N1C=Cc1ccccc1. The monoisotopic (exact) mass is 295 g/mol. The lowest BCUT2D eigenvalue weighted by Crippen LogP contribution is -2.54. The van der Waals surface area contributed by atoms with E-state index in [0.29, 0.717) is 0 Å². The minimum atomic E-state index is -4.52. The molecule has 0 radical (unpaired) electrons. The molecular formula is C12H13N3O4S. The van der Waals surface area contributed by atoms with Crippen molar-refractivity contribution in [1.82, 2.24) is 10.2 Å². The van der Waals surface area contributed by atoms with Crippen molar-refractivity contribution in [3.63, 3.8) is 0 Å². The van der Waals surface area contributed by atoms with Gasteiger partial charge in [-0.05, 0) is 11.6 Å². The first-order chi connectivity index (χ1) is 9.38. The minimum absolute atomic E-state index is 0.0800. The van der Waals surface area contributed by atoms with Crippen LogP contribution in [0.2, 0.25) is 0 Å². The number of hydrogen-bond donors (Lipinski definition) is 3. The number of nitrogens with zero attached hydrogens (tertiary/aromatic N) is 1. The van der Waals surface area contributed by atoms with Crippen LogP contribution in [0.4, 0.5) is 0 Å². The molecule has 0 bridgehead atoms. The molecule has 20 heavy (non-hydrogen) atoms. The molecule has 0 saturated heterocycles. The Hall–Kier alpha value is -2.32. The number of nitrogens with two attached hydrogens (primary N) is 1. The lowest BCUT2D eigenvalue weighted by atomic mass is 10.2. The maximum absolute atomic E-state index is 11.3. The molecule has 4 N–H and O–H groups in total. The van der Waals surface area contributed by atoms with Crippen LogP contribution in [-0.2, 0) is 14.9 Å². The van der Waals surface area contributed by atoms with Gasteiger partial charge in [0.05, 0.1) is 0 Å². The van der Waals surface area contributed by atoms with Gasteiger partial charge in [-0.25, -0.2) is 0 Å². The zero-order valence-corrected chi connectivity index (χ0v) is 11.1. The van der Waals surface area contributed by atoms with Crippen LogP contribution in [0.15, 0.2) is 48.4 Å². The van der Waals surface area contributed by atoms with E-state index < -0.39 is 21.5 Å². The van der Waals surface area contributed by atoms with E-state index in [1.165, 1.54) is 6.20 Å². The van der Waals surface area contributed by atoms with Gasteiger partial charge < -0.3 is 11.1 Å². The third-order valence-corrected chi connectivity index (χ3v) is 3.51. The third-order valence-electron chi connectivity index (χ3n) is 2.60. The van der Waals surface area contributed by atoms with E-state index in [4.69, 9.17) is 10.3 Å². The molecule has 1 aromatic rings. The van der Waals surface area contributed by atoms with Crippen molar-refractivity contribution in [2.24, 2.45) is 5.73 Å². The molecule has 1 aromatic carbocycles. The Morgan fingerprint density at radius 2 is 1.95 bits per heavy atom. The first-order valence-corrected chi connectivity index (χ1v) is 7.14. The molecule has 1 aliphatic rings. The Labute approximate surface area is 116 Å². The number of carbonyl (C=O) groups excluding carboxylic acids is 1. The van der Waals surface area contributed by atoms with Crippen molar-refractivity contribution in [2.75, 3.05) is 0 Å². The van der Waals surface area contributed by atoms with Crippen molar-refractivity contribution in [1.29, 1.82) is 0 Å². The highest BCUT2D eigenvalue weighted by Gasteiger charge is 2.34. The molecule has 7 nitrogen and oxygen atoms in total. The molecule has 2 rings (SSSR count). The first-order valence-electron chi connectivity index (χ1n) is 5.63. The summed E-state index contributed by atoms with van der Waals surface area (Å²) in [5, 5.41) is 2.11. The Balaban J connectivity index is 2.33. The second kappa shape index (κ2) is 5.35. The van der Waals surface area contributed by atoms with Crippen LogP contribution in [0.1, 0.15) is 5.56 Å². The number of amides is 1. The van der Waals surface area contributed by atoms with Crippen LogP contribution in [0.3, 0.4) is 0 Å². The highest BCUT2D eigenvalue weighted by Crippen LogP contribution is 2.15. The zero-order valence-electron chi connectivity index (χ0n) is 10.3. The van der Waals surface area contributed by atoms with Gasteiger partial charge in [0.2, 0.25) is 11.4 Å². The van der Waals surface area contributed by atoms with E-state index in [-0.39, 0.29) is 5.82 Å². The number of rotatable bonds is 3. The highest BCUT2D eigenvalue weighted by atomic mass is 32.2. The smallest absolute Gasteiger partial charge is 0.306 e. The Morgan fingerprint density at radius 3 is 2.55 bits per heavy atom. The molecule has 0 spiro atoms. The minimum Gasteiger partial charge on any atom is -0.385 e. The van der Waals surface area contributed by atoms with E-state index in [1.54, 1.807) is 18.2 Å². The van der Waals surface area contributed by atoms with E-state index in [9.17, 15) is 13.2 Å². The summed E-state index contributed by atoms with van der Waals surface area (Å²) in [6.07, 6.45) is 4.02. The molecule has 0 aliphatic carbocycles. The summed E-state index contributed by atoms with van der Waals surface area (Å²) in [4.78, 5) is 12.3. The number of hydrogen-bond acceptors (Lipinski definition) is 5. The van der Waals surface area contributed by atoms with Gasteiger partial charge in [-0.15, -0.1) is 0 Å². The number of carbonyl (C=O) groups is 1. The van der Waals surface area contributed by atoms with Crippen molar-refractivity contribution in [3.05, 3.63) is 54.0 Å². The highest BCUT2D eigenvalue weighted by molar-refractivity contribution is 7.86. The molecule has 0 aromatic heterocycles. The summed E-state index contributed by atoms with van der Waals surface area (Å²) in [6, 6.07) is 9.09. The maximum atomic E-state index is 11.3. The second-order valence-electron chi connectivity index (χ2n) is 4.08. The molecule has 1 unspecified atom stereocenters. The van der Waals surface area contributed by atoms with Gasteiger partial charge in [-0.1, -0.05) is 30.3 Å². The topological polar surface area (TPSA) is 113 Å². The standard InChI is InChI=1S/C12H13N3O4S/c13-10-8-11(16)14-12(20(17,18)19)15(10)7-6-9-4-2-1-3-5-9/h1-8,12H,13H2,(H,14,16)(H,17,18,19). The summed E-state index contributed by atoms with van der Waals surface area (Å²) in [5.41, 5.74) is 4.79. The molecule has 1 amide bonds. The van der Waals surface area contributed by atoms with Gasteiger partial charge >= 0.3 is 10.1 Å².